The summed E-state index contributed by atoms with van der Waals surface area (Å²) in [6.07, 6.45) is 12.3. The van der Waals surface area contributed by atoms with Gasteiger partial charge in [0, 0.05) is 33.6 Å². The average Bonchev–Trinajstić information content (AvgIpc) is 3.78. The highest BCUT2D eigenvalue weighted by molar-refractivity contribution is 6.04. The second-order valence-corrected chi connectivity index (χ2v) is 16.4. The second-order valence-electron chi connectivity index (χ2n) is 16.4. The van der Waals surface area contributed by atoms with Crippen molar-refractivity contribution in [2.45, 2.75) is 12.8 Å². The number of anilines is 2. The molecule has 0 radical (unpaired) electrons. The predicted octanol–water partition coefficient (Wildman–Crippen LogP) is 17.4. The maximum atomic E-state index is 6.32. The van der Waals surface area contributed by atoms with E-state index in [1.54, 1.807) is 0 Å². The lowest BCUT2D eigenvalue weighted by atomic mass is 9.89. The van der Waals surface area contributed by atoms with Gasteiger partial charge in [-0.3, -0.25) is 0 Å². The lowest BCUT2D eigenvalue weighted by Crippen LogP contribution is -2.20. The smallest absolute Gasteiger partial charge is 0.135 e. The molecule has 64 heavy (non-hydrogen) atoms. The molecule has 1 aliphatic rings. The normalized spacial score (nSPS) is 12.9. The van der Waals surface area contributed by atoms with Gasteiger partial charge in [0.2, 0.25) is 0 Å². The maximum absolute atomic E-state index is 6.32. The van der Waals surface area contributed by atoms with Gasteiger partial charge in [-0.1, -0.05) is 189 Å². The molecule has 2 heteroatoms. The van der Waals surface area contributed by atoms with Crippen LogP contribution in [-0.2, 0) is 0 Å². The number of fused-ring (bicyclic) bond motifs is 3. The Balaban J connectivity index is 1.06. The minimum Gasteiger partial charge on any atom is -0.464 e. The Bertz CT molecular complexity index is 3440. The van der Waals surface area contributed by atoms with E-state index < -0.39 is 0 Å². The summed E-state index contributed by atoms with van der Waals surface area (Å²) in [5.41, 5.74) is 17.1. The average molecular weight is 820 g/mol. The number of hydrogen-bond acceptors (Lipinski definition) is 2. The molecule has 304 valence electrons. The van der Waals surface area contributed by atoms with Crippen molar-refractivity contribution in [2.24, 2.45) is 0 Å². The SMILES string of the molecule is C=C/C=C(/C1=C(N(c2ccc(-c3ccc(-c4ccccc4)c(-c4ccccc4)c3)cc2)c2cccc(-c3ccc4ccccc4c3)c2)CCC=C1)c1coc2cc3ccccc3cc12. The lowest BCUT2D eigenvalue weighted by molar-refractivity contribution is 0.615. The zero-order valence-electron chi connectivity index (χ0n) is 35.5. The van der Waals surface area contributed by atoms with Crippen molar-refractivity contribution in [1.29, 1.82) is 0 Å². The number of allylic oxidation sites excluding steroid dienone is 7. The van der Waals surface area contributed by atoms with E-state index in [0.717, 1.165) is 62.8 Å². The van der Waals surface area contributed by atoms with Crippen LogP contribution in [0.5, 0.6) is 0 Å². The van der Waals surface area contributed by atoms with E-state index in [-0.39, 0.29) is 0 Å². The lowest BCUT2D eigenvalue weighted by Gasteiger charge is -2.32. The first-order valence-electron chi connectivity index (χ1n) is 22.1. The second kappa shape index (κ2) is 16.9. The Morgan fingerprint density at radius 1 is 0.484 bits per heavy atom. The van der Waals surface area contributed by atoms with Crippen LogP contribution < -0.4 is 4.90 Å². The highest BCUT2D eigenvalue weighted by Gasteiger charge is 2.25. The molecule has 0 spiro atoms. The summed E-state index contributed by atoms with van der Waals surface area (Å²) in [5, 5.41) is 5.89. The summed E-state index contributed by atoms with van der Waals surface area (Å²) >= 11 is 0. The summed E-state index contributed by atoms with van der Waals surface area (Å²) in [6.45, 7) is 4.21. The Morgan fingerprint density at radius 2 is 1.09 bits per heavy atom. The Labute approximate surface area is 374 Å². The van der Waals surface area contributed by atoms with Gasteiger partial charge in [0.05, 0.1) is 6.26 Å². The minimum absolute atomic E-state index is 0.850. The van der Waals surface area contributed by atoms with E-state index in [1.807, 2.05) is 12.3 Å². The van der Waals surface area contributed by atoms with Crippen molar-refractivity contribution < 1.29 is 4.42 Å². The van der Waals surface area contributed by atoms with Crippen molar-refractivity contribution in [3.05, 3.63) is 260 Å². The largest absolute Gasteiger partial charge is 0.464 e. The number of furan rings is 1. The molecule has 1 aliphatic carbocycles. The van der Waals surface area contributed by atoms with E-state index in [2.05, 4.69) is 236 Å². The van der Waals surface area contributed by atoms with Gasteiger partial charge in [-0.15, -0.1) is 0 Å². The topological polar surface area (TPSA) is 16.4 Å². The number of benzene rings is 9. The van der Waals surface area contributed by atoms with Crippen LogP contribution in [0.25, 0.3) is 82.6 Å². The summed E-state index contributed by atoms with van der Waals surface area (Å²) in [4.78, 5) is 2.47. The molecule has 0 amide bonds. The maximum Gasteiger partial charge on any atom is 0.135 e. The number of nitrogens with zero attached hydrogens (tertiary/aromatic N) is 1. The fourth-order valence-electron chi connectivity index (χ4n) is 9.40. The molecule has 1 aromatic heterocycles. The summed E-state index contributed by atoms with van der Waals surface area (Å²) in [7, 11) is 0. The van der Waals surface area contributed by atoms with E-state index in [4.69, 9.17) is 4.42 Å². The van der Waals surface area contributed by atoms with Gasteiger partial charge in [-0.25, -0.2) is 0 Å². The van der Waals surface area contributed by atoms with Crippen LogP contribution in [0.3, 0.4) is 0 Å². The summed E-state index contributed by atoms with van der Waals surface area (Å²) in [6, 6.07) is 74.6. The van der Waals surface area contributed by atoms with E-state index in [9.17, 15) is 0 Å². The Hall–Kier alpha value is -8.20. The molecule has 0 unspecified atom stereocenters. The predicted molar refractivity (Wildman–Crippen MR) is 272 cm³/mol. The fourth-order valence-corrected chi connectivity index (χ4v) is 9.40. The minimum atomic E-state index is 0.850. The van der Waals surface area contributed by atoms with Crippen LogP contribution >= 0.6 is 0 Å². The molecule has 11 rings (SSSR count). The molecule has 0 aliphatic heterocycles. The van der Waals surface area contributed by atoms with Crippen molar-refractivity contribution in [3.8, 4) is 44.5 Å². The Morgan fingerprint density at radius 3 is 1.84 bits per heavy atom. The van der Waals surface area contributed by atoms with Gasteiger partial charge < -0.3 is 9.32 Å². The van der Waals surface area contributed by atoms with Crippen molar-refractivity contribution in [3.63, 3.8) is 0 Å². The Kier molecular flexibility index (Phi) is 10.2. The van der Waals surface area contributed by atoms with Crippen LogP contribution in [0.2, 0.25) is 0 Å². The zero-order chi connectivity index (χ0) is 42.8. The number of hydrogen-bond donors (Lipinski definition) is 0. The standard InChI is InChI=1S/C62H45NO/c1-2-16-56(60-42-64-62-41-50-24-12-11-23-49(50)40-59(60)62)57-27-13-14-28-61(57)63(54-26-15-25-48(38-54)51-30-29-43-17-9-10-22-47(43)37-51)53-34-31-44(32-35-53)52-33-36-55(45-18-5-3-6-19-45)58(39-52)46-20-7-4-8-21-46/h2-13,15-27,29-42H,1,14,28H2/b56-16-. The van der Waals surface area contributed by atoms with Gasteiger partial charge >= 0.3 is 0 Å². The van der Waals surface area contributed by atoms with Crippen LogP contribution in [0.1, 0.15) is 18.4 Å². The monoisotopic (exact) mass is 819 g/mol. The molecule has 0 bridgehead atoms. The van der Waals surface area contributed by atoms with Crippen molar-refractivity contribution >= 4 is 49.5 Å². The molecule has 2 nitrogen and oxygen atoms in total. The van der Waals surface area contributed by atoms with E-state index in [1.165, 1.54) is 60.8 Å². The highest BCUT2D eigenvalue weighted by Crippen LogP contribution is 2.44. The van der Waals surface area contributed by atoms with Crippen LogP contribution in [0.4, 0.5) is 11.4 Å². The molecular formula is C62H45NO. The molecular weight excluding hydrogens is 775 g/mol. The van der Waals surface area contributed by atoms with E-state index >= 15 is 0 Å². The molecule has 0 fully saturated rings. The first-order chi connectivity index (χ1) is 31.7. The summed E-state index contributed by atoms with van der Waals surface area (Å²) in [5.74, 6) is 0. The summed E-state index contributed by atoms with van der Waals surface area (Å²) < 4.78 is 6.32. The van der Waals surface area contributed by atoms with Gasteiger partial charge in [0.25, 0.3) is 0 Å². The third-order valence-electron chi connectivity index (χ3n) is 12.6. The molecule has 0 atom stereocenters. The molecule has 9 aromatic carbocycles. The van der Waals surface area contributed by atoms with Gasteiger partial charge in [-0.2, -0.15) is 0 Å². The van der Waals surface area contributed by atoms with Crippen LogP contribution in [-0.4, -0.2) is 0 Å². The van der Waals surface area contributed by atoms with Gasteiger partial charge in [-0.05, 0) is 133 Å². The van der Waals surface area contributed by atoms with Gasteiger partial charge in [0.15, 0.2) is 0 Å². The zero-order valence-corrected chi connectivity index (χ0v) is 35.5. The third-order valence-corrected chi connectivity index (χ3v) is 12.6. The molecule has 10 aromatic rings. The van der Waals surface area contributed by atoms with Gasteiger partial charge in [0.1, 0.15) is 5.58 Å². The third kappa shape index (κ3) is 7.36. The molecule has 1 heterocycles. The quantitative estimate of drug-likeness (QED) is 0.128. The number of rotatable bonds is 10. The fraction of sp³-hybridized carbons (Fsp3) is 0.0323. The molecule has 0 saturated carbocycles. The first kappa shape index (κ1) is 38.7. The van der Waals surface area contributed by atoms with Crippen LogP contribution in [0.15, 0.2) is 259 Å². The molecule has 0 N–H and O–H groups in total. The molecule has 0 saturated heterocycles. The highest BCUT2D eigenvalue weighted by atomic mass is 16.3. The van der Waals surface area contributed by atoms with E-state index in [0.29, 0.717) is 0 Å². The van der Waals surface area contributed by atoms with Crippen molar-refractivity contribution in [1.82, 2.24) is 0 Å². The first-order valence-corrected chi connectivity index (χ1v) is 22.1. The van der Waals surface area contributed by atoms with Crippen molar-refractivity contribution in [2.75, 3.05) is 4.90 Å². The van der Waals surface area contributed by atoms with Crippen LogP contribution in [0, 0.1) is 0 Å².